The molecule has 0 aromatic carbocycles. The van der Waals surface area contributed by atoms with E-state index in [4.69, 9.17) is 0 Å². The molecule has 3 fully saturated rings. The van der Waals surface area contributed by atoms with Gasteiger partial charge in [0.15, 0.2) is 0 Å². The van der Waals surface area contributed by atoms with E-state index in [2.05, 4.69) is 6.92 Å². The molecule has 2 aliphatic heterocycles. The van der Waals surface area contributed by atoms with E-state index in [9.17, 15) is 9.59 Å². The third-order valence-corrected chi connectivity index (χ3v) is 5.76. The van der Waals surface area contributed by atoms with Gasteiger partial charge in [0.1, 0.15) is 12.1 Å². The third kappa shape index (κ3) is 2.58. The monoisotopic (exact) mass is 292 g/mol. The molecule has 4 heteroatoms. The lowest BCUT2D eigenvalue weighted by Crippen LogP contribution is -2.64. The van der Waals surface area contributed by atoms with Crippen molar-refractivity contribution in [3.63, 3.8) is 0 Å². The largest absolute Gasteiger partial charge is 0.329 e. The van der Waals surface area contributed by atoms with Gasteiger partial charge >= 0.3 is 0 Å². The minimum absolute atomic E-state index is 0.160. The van der Waals surface area contributed by atoms with E-state index in [1.807, 2.05) is 16.7 Å². The second-order valence-corrected chi connectivity index (χ2v) is 7.45. The van der Waals surface area contributed by atoms with E-state index >= 15 is 0 Å². The molecule has 1 aliphatic carbocycles. The summed E-state index contributed by atoms with van der Waals surface area (Å²) in [5.74, 6) is 0.407. The van der Waals surface area contributed by atoms with Gasteiger partial charge in [0.25, 0.3) is 0 Å². The number of carbonyl (C=O) groups excluding carboxylic acids is 2. The van der Waals surface area contributed by atoms with Crippen LogP contribution in [0.1, 0.15) is 65.2 Å². The summed E-state index contributed by atoms with van der Waals surface area (Å²) in [7, 11) is 0. The first-order valence-electron chi connectivity index (χ1n) is 8.67. The predicted molar refractivity (Wildman–Crippen MR) is 81.7 cm³/mol. The Morgan fingerprint density at radius 3 is 2.48 bits per heavy atom. The van der Waals surface area contributed by atoms with Crippen molar-refractivity contribution in [1.82, 2.24) is 9.80 Å². The van der Waals surface area contributed by atoms with Gasteiger partial charge in [-0.2, -0.15) is 0 Å². The number of hydrogen-bond acceptors (Lipinski definition) is 2. The number of piperazine rings is 1. The van der Waals surface area contributed by atoms with E-state index in [1.54, 1.807) is 0 Å². The lowest BCUT2D eigenvalue weighted by Gasteiger charge is -2.46. The summed E-state index contributed by atoms with van der Waals surface area (Å²) in [6.07, 6.45) is 8.79. The van der Waals surface area contributed by atoms with Gasteiger partial charge in [0, 0.05) is 13.1 Å². The quantitative estimate of drug-likeness (QED) is 0.802. The van der Waals surface area contributed by atoms with Crippen LogP contribution >= 0.6 is 0 Å². The van der Waals surface area contributed by atoms with Gasteiger partial charge in [0.05, 0.1) is 0 Å². The van der Waals surface area contributed by atoms with Crippen molar-refractivity contribution in [3.05, 3.63) is 0 Å². The van der Waals surface area contributed by atoms with Crippen LogP contribution in [-0.2, 0) is 9.59 Å². The van der Waals surface area contributed by atoms with Crippen molar-refractivity contribution in [2.24, 2.45) is 5.41 Å². The highest BCUT2D eigenvalue weighted by Gasteiger charge is 2.48. The van der Waals surface area contributed by atoms with Crippen molar-refractivity contribution >= 4 is 11.8 Å². The van der Waals surface area contributed by atoms with Crippen molar-refractivity contribution < 1.29 is 9.59 Å². The van der Waals surface area contributed by atoms with Gasteiger partial charge in [0.2, 0.25) is 11.8 Å². The molecule has 0 N–H and O–H groups in total. The molecule has 3 aliphatic rings. The molecular formula is C17H28N2O2. The zero-order valence-electron chi connectivity index (χ0n) is 13.4. The maximum Gasteiger partial charge on any atom is 0.246 e. The second kappa shape index (κ2) is 5.62. The fraction of sp³-hybridized carbons (Fsp3) is 0.882. The molecule has 2 amide bonds. The first-order chi connectivity index (χ1) is 10.1. The summed E-state index contributed by atoms with van der Waals surface area (Å²) >= 11 is 0. The van der Waals surface area contributed by atoms with E-state index in [1.165, 1.54) is 32.1 Å². The van der Waals surface area contributed by atoms with E-state index in [0.29, 0.717) is 0 Å². The highest BCUT2D eigenvalue weighted by molar-refractivity contribution is 5.97. The number of rotatable bonds is 3. The molecule has 118 valence electrons. The molecule has 0 aromatic heterocycles. The molecule has 3 rings (SSSR count). The summed E-state index contributed by atoms with van der Waals surface area (Å²) in [5, 5.41) is 0. The Labute approximate surface area is 127 Å². The third-order valence-electron chi connectivity index (χ3n) is 5.76. The Morgan fingerprint density at radius 1 is 1.10 bits per heavy atom. The smallest absolute Gasteiger partial charge is 0.246 e. The van der Waals surface area contributed by atoms with E-state index in [-0.39, 0.29) is 29.3 Å². The average Bonchev–Trinajstić information content (AvgIpc) is 2.95. The number of nitrogens with zero attached hydrogens (tertiary/aromatic N) is 2. The molecule has 2 saturated heterocycles. The summed E-state index contributed by atoms with van der Waals surface area (Å²) in [5.41, 5.74) is 0.211. The number of hydrogen-bond donors (Lipinski definition) is 0. The standard InChI is InChI=1S/C17H28N2O2/c1-3-13-15(20)18-11-7-8-14(18)16(21)19(13)12-17(2)9-5-4-6-10-17/h13-14H,3-12H2,1-2H3. The minimum atomic E-state index is -0.217. The molecular weight excluding hydrogens is 264 g/mol. The van der Waals surface area contributed by atoms with Gasteiger partial charge in [-0.05, 0) is 37.5 Å². The molecule has 1 saturated carbocycles. The highest BCUT2D eigenvalue weighted by Crippen LogP contribution is 2.38. The Balaban J connectivity index is 1.81. The molecule has 2 atom stereocenters. The maximum absolute atomic E-state index is 12.9. The summed E-state index contributed by atoms with van der Waals surface area (Å²) in [6, 6.07) is -0.377. The fourth-order valence-electron chi connectivity index (χ4n) is 4.51. The van der Waals surface area contributed by atoms with Gasteiger partial charge in [-0.1, -0.05) is 33.1 Å². The topological polar surface area (TPSA) is 40.6 Å². The lowest BCUT2D eigenvalue weighted by atomic mass is 9.75. The number of carbonyl (C=O) groups is 2. The number of fused-ring (bicyclic) bond motifs is 1. The van der Waals surface area contributed by atoms with Crippen LogP contribution in [0.5, 0.6) is 0 Å². The molecule has 2 unspecified atom stereocenters. The van der Waals surface area contributed by atoms with Crippen molar-refractivity contribution in [3.8, 4) is 0 Å². The van der Waals surface area contributed by atoms with Crippen LogP contribution < -0.4 is 0 Å². The predicted octanol–water partition coefficient (Wildman–Crippen LogP) is 2.57. The summed E-state index contributed by atoms with van der Waals surface area (Å²) in [4.78, 5) is 29.3. The van der Waals surface area contributed by atoms with Crippen molar-refractivity contribution in [2.75, 3.05) is 13.1 Å². The van der Waals surface area contributed by atoms with Crippen LogP contribution in [0.15, 0.2) is 0 Å². The highest BCUT2D eigenvalue weighted by atomic mass is 16.2. The molecule has 0 spiro atoms. The van der Waals surface area contributed by atoms with Crippen LogP contribution in [0.3, 0.4) is 0 Å². The van der Waals surface area contributed by atoms with Crippen LogP contribution in [0.4, 0.5) is 0 Å². The Kier molecular flexibility index (Phi) is 3.98. The number of amides is 2. The molecule has 2 heterocycles. The lowest BCUT2D eigenvalue weighted by molar-refractivity contribution is -0.161. The molecule has 4 nitrogen and oxygen atoms in total. The van der Waals surface area contributed by atoms with Gasteiger partial charge in [-0.25, -0.2) is 0 Å². The van der Waals surface area contributed by atoms with E-state index < -0.39 is 0 Å². The zero-order valence-corrected chi connectivity index (χ0v) is 13.4. The molecule has 0 bridgehead atoms. The van der Waals surface area contributed by atoms with E-state index in [0.717, 1.165) is 32.4 Å². The first-order valence-corrected chi connectivity index (χ1v) is 8.67. The zero-order chi connectivity index (χ0) is 15.0. The summed E-state index contributed by atoms with van der Waals surface area (Å²) < 4.78 is 0. The first kappa shape index (κ1) is 14.9. The van der Waals surface area contributed by atoms with Crippen molar-refractivity contribution in [2.45, 2.75) is 77.3 Å². The second-order valence-electron chi connectivity index (χ2n) is 7.45. The maximum atomic E-state index is 12.9. The average molecular weight is 292 g/mol. The van der Waals surface area contributed by atoms with Gasteiger partial charge in [-0.3, -0.25) is 9.59 Å². The van der Waals surface area contributed by atoms with Crippen LogP contribution in [0.2, 0.25) is 0 Å². The molecule has 0 radical (unpaired) electrons. The van der Waals surface area contributed by atoms with Gasteiger partial charge < -0.3 is 9.80 Å². The Morgan fingerprint density at radius 2 is 1.81 bits per heavy atom. The minimum Gasteiger partial charge on any atom is -0.329 e. The van der Waals surface area contributed by atoms with Crippen LogP contribution in [0, 0.1) is 5.41 Å². The summed E-state index contributed by atoms with van der Waals surface area (Å²) in [6.45, 7) is 5.89. The Hall–Kier alpha value is -1.06. The SMILES string of the molecule is CCC1C(=O)N2CCCC2C(=O)N1CC1(C)CCCCC1. The van der Waals surface area contributed by atoms with Crippen LogP contribution in [0.25, 0.3) is 0 Å². The van der Waals surface area contributed by atoms with Crippen LogP contribution in [-0.4, -0.2) is 46.8 Å². The van der Waals surface area contributed by atoms with Crippen molar-refractivity contribution in [1.29, 1.82) is 0 Å². The Bertz CT molecular complexity index is 429. The fourth-order valence-corrected chi connectivity index (χ4v) is 4.51. The van der Waals surface area contributed by atoms with Gasteiger partial charge in [-0.15, -0.1) is 0 Å². The molecule has 21 heavy (non-hydrogen) atoms. The normalized spacial score (nSPS) is 32.5. The molecule has 0 aromatic rings.